The van der Waals surface area contributed by atoms with Crippen LogP contribution < -0.4 is 27.4 Å². The summed E-state index contributed by atoms with van der Waals surface area (Å²) in [5, 5.41) is 16.4. The number of carbonyl (C=O) groups excluding carboxylic acids is 5. The summed E-state index contributed by atoms with van der Waals surface area (Å²) in [7, 11) is 0. The van der Waals surface area contributed by atoms with Gasteiger partial charge in [-0.3, -0.25) is 19.2 Å². The highest BCUT2D eigenvalue weighted by molar-refractivity contribution is 5.96. The molecule has 36 heavy (non-hydrogen) atoms. The molecule has 0 radical (unpaired) electrons. The highest BCUT2D eigenvalue weighted by atomic mass is 16.5. The molecule has 0 aliphatic rings. The monoisotopic (exact) mass is 499 g/mol. The van der Waals surface area contributed by atoms with Crippen LogP contribution in [0.15, 0.2) is 60.7 Å². The van der Waals surface area contributed by atoms with E-state index in [0.29, 0.717) is 5.56 Å². The predicted molar refractivity (Wildman–Crippen MR) is 128 cm³/mol. The number of aliphatic hydroxyl groups is 1. The van der Waals surface area contributed by atoms with Crippen LogP contribution in [-0.4, -0.2) is 59.6 Å². The van der Waals surface area contributed by atoms with E-state index in [1.54, 1.807) is 60.7 Å². The molecular formula is C24H29N5O7. The number of carbonyl (C=O) groups is 5. The maximum atomic E-state index is 12.8. The molecule has 0 aliphatic carbocycles. The Morgan fingerprint density at radius 3 is 1.81 bits per heavy atom. The molecule has 0 saturated heterocycles. The van der Waals surface area contributed by atoms with E-state index in [1.165, 1.54) is 0 Å². The molecule has 12 heteroatoms. The van der Waals surface area contributed by atoms with Crippen LogP contribution in [0.5, 0.6) is 0 Å². The Morgan fingerprint density at radius 1 is 0.750 bits per heavy atom. The van der Waals surface area contributed by atoms with Crippen LogP contribution in [0.25, 0.3) is 0 Å². The van der Waals surface area contributed by atoms with Crippen LogP contribution in [0.3, 0.4) is 0 Å². The van der Waals surface area contributed by atoms with E-state index in [1.807, 2.05) is 0 Å². The van der Waals surface area contributed by atoms with Crippen molar-refractivity contribution in [1.82, 2.24) is 16.0 Å². The number of alkyl carbamates (subject to hydrolysis) is 1. The second-order valence-electron chi connectivity index (χ2n) is 7.83. The Bertz CT molecular complexity index is 1050. The van der Waals surface area contributed by atoms with Gasteiger partial charge in [0.05, 0.1) is 13.0 Å². The van der Waals surface area contributed by atoms with Gasteiger partial charge in [0.25, 0.3) is 0 Å². The molecule has 5 amide bonds. The fourth-order valence-corrected chi connectivity index (χ4v) is 3.13. The van der Waals surface area contributed by atoms with Gasteiger partial charge in [-0.05, 0) is 11.1 Å². The first kappa shape index (κ1) is 27.8. The minimum absolute atomic E-state index is 0.0743. The van der Waals surface area contributed by atoms with Crippen molar-refractivity contribution < 1.29 is 33.8 Å². The fourth-order valence-electron chi connectivity index (χ4n) is 3.13. The zero-order chi connectivity index (χ0) is 26.5. The van der Waals surface area contributed by atoms with Crippen molar-refractivity contribution in [3.8, 4) is 0 Å². The molecule has 0 aromatic heterocycles. The zero-order valence-electron chi connectivity index (χ0n) is 19.4. The Morgan fingerprint density at radius 2 is 1.28 bits per heavy atom. The maximum absolute atomic E-state index is 12.8. The van der Waals surface area contributed by atoms with Gasteiger partial charge in [0.15, 0.2) is 0 Å². The quantitative estimate of drug-likeness (QED) is 0.199. The number of benzene rings is 2. The SMILES string of the molecule is NC(=O)CC(NC(=O)C(CO)NC(=O)OCc1ccccc1)C(=O)NC(Cc1ccccc1)C(N)=O. The molecule has 12 nitrogen and oxygen atoms in total. The Kier molecular flexibility index (Phi) is 10.9. The summed E-state index contributed by atoms with van der Waals surface area (Å²) in [5.41, 5.74) is 12.0. The van der Waals surface area contributed by atoms with E-state index in [9.17, 15) is 29.1 Å². The lowest BCUT2D eigenvalue weighted by atomic mass is 10.0. The topological polar surface area (TPSA) is 203 Å². The predicted octanol–water partition coefficient (Wildman–Crippen LogP) is -1.15. The van der Waals surface area contributed by atoms with Gasteiger partial charge in [0.2, 0.25) is 23.6 Å². The van der Waals surface area contributed by atoms with E-state index in [0.717, 1.165) is 5.56 Å². The number of primary amides is 2. The zero-order valence-corrected chi connectivity index (χ0v) is 19.4. The van der Waals surface area contributed by atoms with Gasteiger partial charge in [-0.2, -0.15) is 0 Å². The maximum Gasteiger partial charge on any atom is 0.408 e. The van der Waals surface area contributed by atoms with Crippen LogP contribution in [-0.2, 0) is 36.9 Å². The third kappa shape index (κ3) is 9.43. The largest absolute Gasteiger partial charge is 0.445 e. The third-order valence-corrected chi connectivity index (χ3v) is 4.98. The van der Waals surface area contributed by atoms with E-state index in [-0.39, 0.29) is 13.0 Å². The molecule has 2 rings (SSSR count). The standard InChI is InChI=1S/C24H29N5O7/c25-20(31)12-18(22(33)27-17(21(26)32)11-15-7-3-1-4-8-15)28-23(34)19(13-30)29-24(35)36-14-16-9-5-2-6-10-16/h1-10,17-19,30H,11-14H2,(H2,25,31)(H2,26,32)(H,27,33)(H,28,34)(H,29,35). The van der Waals surface area contributed by atoms with Gasteiger partial charge in [0.1, 0.15) is 24.7 Å². The van der Waals surface area contributed by atoms with E-state index < -0.39 is 60.9 Å². The van der Waals surface area contributed by atoms with Gasteiger partial charge in [-0.15, -0.1) is 0 Å². The Balaban J connectivity index is 2.00. The number of rotatable bonds is 13. The molecule has 3 unspecified atom stereocenters. The van der Waals surface area contributed by atoms with Crippen LogP contribution in [0, 0.1) is 0 Å². The lowest BCUT2D eigenvalue weighted by Gasteiger charge is -2.23. The number of hydrogen-bond acceptors (Lipinski definition) is 7. The molecule has 0 bridgehead atoms. The van der Waals surface area contributed by atoms with Crippen LogP contribution in [0.1, 0.15) is 17.5 Å². The molecule has 0 fully saturated rings. The fraction of sp³-hybridized carbons (Fsp3) is 0.292. The molecule has 8 N–H and O–H groups in total. The normalized spacial score (nSPS) is 12.9. The van der Waals surface area contributed by atoms with Crippen molar-refractivity contribution in [1.29, 1.82) is 0 Å². The number of nitrogens with one attached hydrogen (secondary N) is 3. The number of ether oxygens (including phenoxy) is 1. The summed E-state index contributed by atoms with van der Waals surface area (Å²) >= 11 is 0. The van der Waals surface area contributed by atoms with Crippen molar-refractivity contribution in [2.24, 2.45) is 11.5 Å². The van der Waals surface area contributed by atoms with Gasteiger partial charge < -0.3 is 37.3 Å². The third-order valence-electron chi connectivity index (χ3n) is 4.98. The lowest BCUT2D eigenvalue weighted by Crippen LogP contribution is -2.58. The summed E-state index contributed by atoms with van der Waals surface area (Å²) in [5.74, 6) is -3.61. The lowest BCUT2D eigenvalue weighted by molar-refractivity contribution is -0.133. The van der Waals surface area contributed by atoms with Crippen LogP contribution in [0.2, 0.25) is 0 Å². The van der Waals surface area contributed by atoms with E-state index >= 15 is 0 Å². The van der Waals surface area contributed by atoms with Gasteiger partial charge in [-0.25, -0.2) is 4.79 Å². The second-order valence-corrected chi connectivity index (χ2v) is 7.83. The molecule has 0 spiro atoms. The van der Waals surface area contributed by atoms with Gasteiger partial charge in [-0.1, -0.05) is 60.7 Å². The average Bonchev–Trinajstić information content (AvgIpc) is 2.86. The van der Waals surface area contributed by atoms with Gasteiger partial charge in [0, 0.05) is 6.42 Å². The van der Waals surface area contributed by atoms with Crippen molar-refractivity contribution >= 4 is 29.7 Å². The first-order chi connectivity index (χ1) is 17.2. The van der Waals surface area contributed by atoms with Crippen LogP contribution >= 0.6 is 0 Å². The summed E-state index contributed by atoms with van der Waals surface area (Å²) in [4.78, 5) is 60.9. The number of nitrogens with two attached hydrogens (primary N) is 2. The summed E-state index contributed by atoms with van der Waals surface area (Å²) in [6.45, 7) is -0.899. The summed E-state index contributed by atoms with van der Waals surface area (Å²) in [6.07, 6.45) is -1.52. The number of amides is 5. The molecule has 3 atom stereocenters. The molecule has 0 heterocycles. The summed E-state index contributed by atoms with van der Waals surface area (Å²) in [6, 6.07) is 13.4. The second kappa shape index (κ2) is 14.1. The highest BCUT2D eigenvalue weighted by Crippen LogP contribution is 2.05. The van der Waals surface area contributed by atoms with Crippen molar-refractivity contribution in [2.75, 3.05) is 6.61 Å². The molecule has 0 aliphatic heterocycles. The van der Waals surface area contributed by atoms with Crippen molar-refractivity contribution in [2.45, 2.75) is 37.6 Å². The number of hydrogen-bond donors (Lipinski definition) is 6. The molecule has 0 saturated carbocycles. The highest BCUT2D eigenvalue weighted by Gasteiger charge is 2.30. The summed E-state index contributed by atoms with van der Waals surface area (Å²) < 4.78 is 5.02. The molecule has 2 aromatic carbocycles. The molecular weight excluding hydrogens is 470 g/mol. The smallest absolute Gasteiger partial charge is 0.408 e. The Hall–Kier alpha value is -4.45. The Labute approximate surface area is 207 Å². The molecule has 2 aromatic rings. The molecule has 192 valence electrons. The van der Waals surface area contributed by atoms with E-state index in [4.69, 9.17) is 16.2 Å². The van der Waals surface area contributed by atoms with Crippen LogP contribution in [0.4, 0.5) is 4.79 Å². The van der Waals surface area contributed by atoms with E-state index in [2.05, 4.69) is 16.0 Å². The van der Waals surface area contributed by atoms with Crippen molar-refractivity contribution in [3.63, 3.8) is 0 Å². The van der Waals surface area contributed by atoms with Crippen molar-refractivity contribution in [3.05, 3.63) is 71.8 Å². The van der Waals surface area contributed by atoms with Gasteiger partial charge >= 0.3 is 6.09 Å². The minimum Gasteiger partial charge on any atom is -0.445 e. The average molecular weight is 500 g/mol. The first-order valence-corrected chi connectivity index (χ1v) is 11.0. The first-order valence-electron chi connectivity index (χ1n) is 11.0. The number of aliphatic hydroxyl groups excluding tert-OH is 1. The minimum atomic E-state index is -1.50.